The number of para-hydroxylation sites is 2. The van der Waals surface area contributed by atoms with Crippen molar-refractivity contribution in [1.82, 2.24) is 0 Å². The molecule has 3 rings (SSSR count). The van der Waals surface area contributed by atoms with Gasteiger partial charge in [0.15, 0.2) is 5.92 Å². The molecule has 0 saturated heterocycles. The molecule has 4 nitrogen and oxygen atoms in total. The van der Waals surface area contributed by atoms with Gasteiger partial charge in [0.05, 0.1) is 12.7 Å². The molecule has 1 atom stereocenters. The number of carbonyl (C=O) groups is 1. The summed E-state index contributed by atoms with van der Waals surface area (Å²) in [5.41, 5.74) is 1.67. The summed E-state index contributed by atoms with van der Waals surface area (Å²) in [6, 6.07) is 17.1. The van der Waals surface area contributed by atoms with Crippen molar-refractivity contribution in [3.63, 3.8) is 0 Å². The van der Waals surface area contributed by atoms with Gasteiger partial charge < -0.3 is 9.47 Å². The molecule has 0 bridgehead atoms. The van der Waals surface area contributed by atoms with Crippen molar-refractivity contribution in [2.45, 2.75) is 12.8 Å². The second kappa shape index (κ2) is 5.90. The molecule has 0 fully saturated rings. The zero-order valence-corrected chi connectivity index (χ0v) is 12.2. The first-order valence-corrected chi connectivity index (χ1v) is 7.18. The van der Waals surface area contributed by atoms with Crippen LogP contribution in [0.1, 0.15) is 24.0 Å². The molecule has 1 unspecified atom stereocenters. The minimum atomic E-state index is -0.897. The summed E-state index contributed by atoms with van der Waals surface area (Å²) >= 11 is 0. The van der Waals surface area contributed by atoms with Crippen LogP contribution in [0.3, 0.4) is 0 Å². The standard InChI is InChI=1S/C18H15NO3/c1-2-21-18(20)14(11-19)17-12-7-3-5-9-15(12)22-16-10-6-4-8-13(16)17/h3-10,14,17H,2H2,1H3. The lowest BCUT2D eigenvalue weighted by molar-refractivity contribution is -0.146. The molecule has 0 saturated carbocycles. The number of nitriles is 1. The maximum Gasteiger partial charge on any atom is 0.324 e. The molecular formula is C18H15NO3. The zero-order chi connectivity index (χ0) is 15.5. The van der Waals surface area contributed by atoms with Gasteiger partial charge in [-0.05, 0) is 19.1 Å². The van der Waals surface area contributed by atoms with Crippen molar-refractivity contribution < 1.29 is 14.3 Å². The fraction of sp³-hybridized carbons (Fsp3) is 0.222. The number of ether oxygens (including phenoxy) is 2. The van der Waals surface area contributed by atoms with Gasteiger partial charge in [0.25, 0.3) is 0 Å². The molecule has 0 aliphatic carbocycles. The van der Waals surface area contributed by atoms with Crippen LogP contribution in [0.15, 0.2) is 48.5 Å². The lowest BCUT2D eigenvalue weighted by atomic mass is 9.79. The Morgan fingerprint density at radius 3 is 2.23 bits per heavy atom. The molecule has 1 aliphatic heterocycles. The Bertz CT molecular complexity index is 702. The van der Waals surface area contributed by atoms with Gasteiger partial charge in [-0.3, -0.25) is 4.79 Å². The molecule has 1 heterocycles. The van der Waals surface area contributed by atoms with Crippen LogP contribution in [0.25, 0.3) is 0 Å². The van der Waals surface area contributed by atoms with Crippen LogP contribution in [-0.4, -0.2) is 12.6 Å². The van der Waals surface area contributed by atoms with Gasteiger partial charge in [0.1, 0.15) is 11.5 Å². The van der Waals surface area contributed by atoms with Crippen molar-refractivity contribution in [2.75, 3.05) is 6.61 Å². The SMILES string of the molecule is CCOC(=O)C(C#N)C1c2ccccc2Oc2ccccc21. The van der Waals surface area contributed by atoms with Crippen LogP contribution in [-0.2, 0) is 9.53 Å². The summed E-state index contributed by atoms with van der Waals surface area (Å²) < 4.78 is 11.0. The Labute approximate surface area is 128 Å². The molecule has 0 radical (unpaired) electrons. The number of hydrogen-bond acceptors (Lipinski definition) is 4. The van der Waals surface area contributed by atoms with Crippen molar-refractivity contribution in [2.24, 2.45) is 5.92 Å². The second-order valence-electron chi connectivity index (χ2n) is 5.01. The highest BCUT2D eigenvalue weighted by Gasteiger charge is 2.38. The molecule has 0 aromatic heterocycles. The third-order valence-corrected chi connectivity index (χ3v) is 3.74. The second-order valence-corrected chi connectivity index (χ2v) is 5.01. The van der Waals surface area contributed by atoms with Gasteiger partial charge in [-0.2, -0.15) is 5.26 Å². The topological polar surface area (TPSA) is 59.3 Å². The quantitative estimate of drug-likeness (QED) is 0.811. The molecule has 1 aliphatic rings. The molecule has 110 valence electrons. The molecular weight excluding hydrogens is 278 g/mol. The van der Waals surface area contributed by atoms with Crippen LogP contribution in [0, 0.1) is 17.2 Å². The molecule has 0 spiro atoms. The predicted molar refractivity (Wildman–Crippen MR) is 80.5 cm³/mol. The molecule has 22 heavy (non-hydrogen) atoms. The Balaban J connectivity index is 2.14. The van der Waals surface area contributed by atoms with Crippen LogP contribution < -0.4 is 4.74 Å². The van der Waals surface area contributed by atoms with Crippen molar-refractivity contribution in [1.29, 1.82) is 5.26 Å². The van der Waals surface area contributed by atoms with Gasteiger partial charge in [0.2, 0.25) is 0 Å². The normalized spacial score (nSPS) is 14.0. The number of fused-ring (bicyclic) bond motifs is 2. The summed E-state index contributed by atoms with van der Waals surface area (Å²) in [6.45, 7) is 1.99. The first kappa shape index (κ1) is 14.2. The lowest BCUT2D eigenvalue weighted by Crippen LogP contribution is -2.26. The van der Waals surface area contributed by atoms with Crippen molar-refractivity contribution in [3.05, 3.63) is 59.7 Å². The van der Waals surface area contributed by atoms with Gasteiger partial charge in [-0.15, -0.1) is 0 Å². The van der Waals surface area contributed by atoms with E-state index in [1.807, 2.05) is 48.5 Å². The monoisotopic (exact) mass is 293 g/mol. The van der Waals surface area contributed by atoms with Gasteiger partial charge in [-0.25, -0.2) is 0 Å². The number of carbonyl (C=O) groups excluding carboxylic acids is 1. The maximum atomic E-state index is 12.2. The van der Waals surface area contributed by atoms with E-state index in [1.54, 1.807) is 6.92 Å². The van der Waals surface area contributed by atoms with E-state index in [0.717, 1.165) is 11.1 Å². The average Bonchev–Trinajstić information content (AvgIpc) is 2.55. The average molecular weight is 293 g/mol. The van der Waals surface area contributed by atoms with Crippen LogP contribution >= 0.6 is 0 Å². The third kappa shape index (κ3) is 2.31. The smallest absolute Gasteiger partial charge is 0.324 e. The number of benzene rings is 2. The summed E-state index contributed by atoms with van der Waals surface area (Å²) in [5.74, 6) is -0.427. The Morgan fingerprint density at radius 2 is 1.73 bits per heavy atom. The van der Waals surface area contributed by atoms with E-state index in [-0.39, 0.29) is 12.5 Å². The van der Waals surface area contributed by atoms with E-state index in [9.17, 15) is 10.1 Å². The van der Waals surface area contributed by atoms with Crippen LogP contribution in [0.5, 0.6) is 11.5 Å². The lowest BCUT2D eigenvalue weighted by Gasteiger charge is -2.29. The Hall–Kier alpha value is -2.80. The fourth-order valence-electron chi connectivity index (χ4n) is 2.80. The Morgan fingerprint density at radius 1 is 1.18 bits per heavy atom. The first-order valence-electron chi connectivity index (χ1n) is 7.18. The van der Waals surface area contributed by atoms with Gasteiger partial charge in [-0.1, -0.05) is 36.4 Å². The largest absolute Gasteiger partial charge is 0.465 e. The highest BCUT2D eigenvalue weighted by molar-refractivity contribution is 5.78. The van der Waals surface area contributed by atoms with E-state index in [4.69, 9.17) is 9.47 Å². The minimum absolute atomic E-state index is 0.253. The molecule has 0 N–H and O–H groups in total. The maximum absolute atomic E-state index is 12.2. The van der Waals surface area contributed by atoms with Crippen molar-refractivity contribution in [3.8, 4) is 17.6 Å². The number of hydrogen-bond donors (Lipinski definition) is 0. The van der Waals surface area contributed by atoms with E-state index < -0.39 is 11.9 Å². The molecule has 2 aromatic rings. The van der Waals surface area contributed by atoms with Gasteiger partial charge in [0, 0.05) is 17.0 Å². The molecule has 0 amide bonds. The summed E-state index contributed by atoms with van der Waals surface area (Å²) in [6.07, 6.45) is 0. The molecule has 2 aromatic carbocycles. The van der Waals surface area contributed by atoms with Crippen LogP contribution in [0.2, 0.25) is 0 Å². The summed E-state index contributed by atoms with van der Waals surface area (Å²) in [5, 5.41) is 9.53. The highest BCUT2D eigenvalue weighted by Crippen LogP contribution is 2.47. The highest BCUT2D eigenvalue weighted by atomic mass is 16.5. The molecule has 4 heteroatoms. The number of nitrogens with zero attached hydrogens (tertiary/aromatic N) is 1. The summed E-state index contributed by atoms with van der Waals surface area (Å²) in [7, 11) is 0. The zero-order valence-electron chi connectivity index (χ0n) is 12.2. The minimum Gasteiger partial charge on any atom is -0.465 e. The van der Waals surface area contributed by atoms with E-state index in [1.165, 1.54) is 0 Å². The first-order chi connectivity index (χ1) is 10.8. The summed E-state index contributed by atoms with van der Waals surface area (Å²) in [4.78, 5) is 12.2. The predicted octanol–water partition coefficient (Wildman–Crippen LogP) is 3.63. The van der Waals surface area contributed by atoms with Crippen LogP contribution in [0.4, 0.5) is 0 Å². The van der Waals surface area contributed by atoms with E-state index in [2.05, 4.69) is 6.07 Å². The Kier molecular flexibility index (Phi) is 3.80. The van der Waals surface area contributed by atoms with Crippen molar-refractivity contribution >= 4 is 5.97 Å². The van der Waals surface area contributed by atoms with E-state index >= 15 is 0 Å². The third-order valence-electron chi connectivity index (χ3n) is 3.74. The van der Waals surface area contributed by atoms with Gasteiger partial charge >= 0.3 is 5.97 Å². The number of esters is 1. The number of rotatable bonds is 3. The van der Waals surface area contributed by atoms with E-state index in [0.29, 0.717) is 11.5 Å². The fourth-order valence-corrected chi connectivity index (χ4v) is 2.80.